The number of hydrogen-bond acceptors (Lipinski definition) is 1. The Labute approximate surface area is 140 Å². The number of carbonyl (C=O) groups is 1. The molecule has 0 unspecified atom stereocenters. The largest absolute Gasteiger partial charge is 0.356 e. The van der Waals surface area contributed by atoms with Crippen LogP contribution in [0.25, 0.3) is 0 Å². The van der Waals surface area contributed by atoms with Gasteiger partial charge in [0.2, 0.25) is 5.91 Å². The Morgan fingerprint density at radius 1 is 0.800 bits per heavy atom. The maximum atomic E-state index is 11.6. The van der Waals surface area contributed by atoms with Crippen LogP contribution in [-0.2, 0) is 4.79 Å². The molecule has 0 aliphatic carbocycles. The predicted octanol–water partition coefficient (Wildman–Crippen LogP) is 5.63. The van der Waals surface area contributed by atoms with E-state index in [0.29, 0.717) is 0 Å². The molecular formula is C17H34INO. The fraction of sp³-hybridized carbons (Fsp3) is 0.941. The highest BCUT2D eigenvalue weighted by molar-refractivity contribution is 14.1. The maximum Gasteiger partial charge on any atom is 0.219 e. The lowest BCUT2D eigenvalue weighted by atomic mass is 10.1. The summed E-state index contributed by atoms with van der Waals surface area (Å²) in [6.07, 6.45) is 16.2. The van der Waals surface area contributed by atoms with Gasteiger partial charge in [-0.3, -0.25) is 4.79 Å². The van der Waals surface area contributed by atoms with Gasteiger partial charge in [0.1, 0.15) is 0 Å². The minimum Gasteiger partial charge on any atom is -0.356 e. The van der Waals surface area contributed by atoms with Crippen molar-refractivity contribution in [3.63, 3.8) is 0 Å². The van der Waals surface area contributed by atoms with E-state index in [-0.39, 0.29) is 5.91 Å². The molecule has 1 N–H and O–H groups in total. The van der Waals surface area contributed by atoms with E-state index >= 15 is 0 Å². The highest BCUT2D eigenvalue weighted by atomic mass is 127. The molecule has 3 heteroatoms. The summed E-state index contributed by atoms with van der Waals surface area (Å²) in [4.78, 5) is 11.6. The van der Waals surface area contributed by atoms with Gasteiger partial charge in [-0.15, -0.1) is 0 Å². The summed E-state index contributed by atoms with van der Waals surface area (Å²) in [5.74, 6) is 0.252. The first-order valence-electron chi connectivity index (χ1n) is 8.64. The second kappa shape index (κ2) is 17.3. The Morgan fingerprint density at radius 3 is 1.95 bits per heavy atom. The van der Waals surface area contributed by atoms with Crippen LogP contribution in [0.5, 0.6) is 0 Å². The SMILES string of the molecule is CCCCCCCCCCCC(=O)NCCCCCI. The third-order valence-corrected chi connectivity index (χ3v) is 4.40. The molecule has 0 bridgehead atoms. The Bertz CT molecular complexity index is 209. The maximum absolute atomic E-state index is 11.6. The molecule has 120 valence electrons. The van der Waals surface area contributed by atoms with E-state index in [0.717, 1.165) is 25.8 Å². The van der Waals surface area contributed by atoms with E-state index in [1.807, 2.05) is 0 Å². The molecule has 2 nitrogen and oxygen atoms in total. The molecule has 0 fully saturated rings. The summed E-state index contributed by atoms with van der Waals surface area (Å²) in [6, 6.07) is 0. The lowest BCUT2D eigenvalue weighted by Crippen LogP contribution is -2.23. The summed E-state index contributed by atoms with van der Waals surface area (Å²) < 4.78 is 1.23. The van der Waals surface area contributed by atoms with Crippen molar-refractivity contribution in [3.05, 3.63) is 0 Å². The average Bonchev–Trinajstić information content (AvgIpc) is 2.45. The van der Waals surface area contributed by atoms with Crippen molar-refractivity contribution in [2.75, 3.05) is 11.0 Å². The minimum atomic E-state index is 0.252. The summed E-state index contributed by atoms with van der Waals surface area (Å²) >= 11 is 2.40. The smallest absolute Gasteiger partial charge is 0.219 e. The summed E-state index contributed by atoms with van der Waals surface area (Å²) in [7, 11) is 0. The van der Waals surface area contributed by atoms with Gasteiger partial charge in [0.25, 0.3) is 0 Å². The van der Waals surface area contributed by atoms with Gasteiger partial charge in [0, 0.05) is 13.0 Å². The van der Waals surface area contributed by atoms with Gasteiger partial charge in [-0.05, 0) is 23.7 Å². The Kier molecular flexibility index (Phi) is 17.4. The molecule has 0 saturated heterocycles. The summed E-state index contributed by atoms with van der Waals surface area (Å²) in [5.41, 5.74) is 0. The molecule has 0 aromatic rings. The van der Waals surface area contributed by atoms with E-state index in [1.54, 1.807) is 0 Å². The van der Waals surface area contributed by atoms with Gasteiger partial charge >= 0.3 is 0 Å². The normalized spacial score (nSPS) is 10.7. The fourth-order valence-corrected chi connectivity index (χ4v) is 2.85. The van der Waals surface area contributed by atoms with Crippen molar-refractivity contribution >= 4 is 28.5 Å². The number of hydrogen-bond donors (Lipinski definition) is 1. The lowest BCUT2D eigenvalue weighted by molar-refractivity contribution is -0.121. The topological polar surface area (TPSA) is 29.1 Å². The van der Waals surface area contributed by atoms with Crippen molar-refractivity contribution in [1.29, 1.82) is 0 Å². The van der Waals surface area contributed by atoms with Crippen molar-refractivity contribution in [1.82, 2.24) is 5.32 Å². The molecule has 0 aromatic carbocycles. The molecule has 0 aliphatic rings. The van der Waals surface area contributed by atoms with Crippen LogP contribution < -0.4 is 5.32 Å². The average molecular weight is 395 g/mol. The monoisotopic (exact) mass is 395 g/mol. The van der Waals surface area contributed by atoms with Crippen LogP contribution in [0.15, 0.2) is 0 Å². The molecule has 0 atom stereocenters. The number of unbranched alkanes of at least 4 members (excludes halogenated alkanes) is 10. The first kappa shape index (κ1) is 20.2. The van der Waals surface area contributed by atoms with Gasteiger partial charge in [0.05, 0.1) is 0 Å². The van der Waals surface area contributed by atoms with Crippen molar-refractivity contribution in [2.24, 2.45) is 0 Å². The molecule has 20 heavy (non-hydrogen) atoms. The van der Waals surface area contributed by atoms with Gasteiger partial charge in [-0.1, -0.05) is 87.3 Å². The number of amides is 1. The quantitative estimate of drug-likeness (QED) is 0.217. The zero-order valence-corrected chi connectivity index (χ0v) is 15.6. The van der Waals surface area contributed by atoms with Crippen molar-refractivity contribution in [3.8, 4) is 0 Å². The fourth-order valence-electron chi connectivity index (χ4n) is 2.31. The molecule has 0 aromatic heterocycles. The van der Waals surface area contributed by atoms with Crippen LogP contribution in [-0.4, -0.2) is 16.9 Å². The second-order valence-corrected chi connectivity index (χ2v) is 6.76. The molecule has 1 amide bonds. The van der Waals surface area contributed by atoms with Crippen LogP contribution in [0.3, 0.4) is 0 Å². The van der Waals surface area contributed by atoms with Crippen LogP contribution in [0.2, 0.25) is 0 Å². The van der Waals surface area contributed by atoms with Crippen LogP contribution in [0.4, 0.5) is 0 Å². The zero-order valence-electron chi connectivity index (χ0n) is 13.4. The number of carbonyl (C=O) groups excluding carboxylic acids is 1. The van der Waals surface area contributed by atoms with Gasteiger partial charge in [0.15, 0.2) is 0 Å². The molecule has 0 radical (unpaired) electrons. The van der Waals surface area contributed by atoms with Gasteiger partial charge in [-0.25, -0.2) is 0 Å². The Hall–Kier alpha value is 0.200. The van der Waals surface area contributed by atoms with Crippen molar-refractivity contribution in [2.45, 2.75) is 90.4 Å². The molecule has 0 aliphatic heterocycles. The van der Waals surface area contributed by atoms with E-state index < -0.39 is 0 Å². The minimum absolute atomic E-state index is 0.252. The van der Waals surface area contributed by atoms with Gasteiger partial charge < -0.3 is 5.32 Å². The molecule has 0 spiro atoms. The molecule has 0 saturated carbocycles. The first-order chi connectivity index (χ1) is 9.81. The number of rotatable bonds is 15. The molecule has 0 rings (SSSR count). The third-order valence-electron chi connectivity index (χ3n) is 3.64. The van der Waals surface area contributed by atoms with E-state index in [1.165, 1.54) is 68.6 Å². The highest BCUT2D eigenvalue weighted by Gasteiger charge is 2.00. The third kappa shape index (κ3) is 16.3. The number of nitrogens with one attached hydrogen (secondary N) is 1. The first-order valence-corrected chi connectivity index (χ1v) is 10.2. The summed E-state index contributed by atoms with van der Waals surface area (Å²) in [6.45, 7) is 3.13. The van der Waals surface area contributed by atoms with Crippen LogP contribution in [0, 0.1) is 0 Å². The lowest BCUT2D eigenvalue weighted by Gasteiger charge is -2.05. The Morgan fingerprint density at radius 2 is 1.35 bits per heavy atom. The predicted molar refractivity (Wildman–Crippen MR) is 97.6 cm³/mol. The number of alkyl halides is 1. The standard InChI is InChI=1S/C17H34INO/c1-2-3-4-5-6-7-8-9-11-14-17(20)19-16-13-10-12-15-18/h2-16H2,1H3,(H,19,20). The van der Waals surface area contributed by atoms with E-state index in [2.05, 4.69) is 34.8 Å². The molecule has 0 heterocycles. The van der Waals surface area contributed by atoms with Crippen LogP contribution in [0.1, 0.15) is 90.4 Å². The zero-order chi connectivity index (χ0) is 14.9. The Balaban J connectivity index is 3.11. The molecular weight excluding hydrogens is 361 g/mol. The highest BCUT2D eigenvalue weighted by Crippen LogP contribution is 2.10. The van der Waals surface area contributed by atoms with Crippen molar-refractivity contribution < 1.29 is 4.79 Å². The summed E-state index contributed by atoms with van der Waals surface area (Å²) in [5, 5.41) is 3.03. The number of halogens is 1. The second-order valence-electron chi connectivity index (χ2n) is 5.68. The van der Waals surface area contributed by atoms with E-state index in [9.17, 15) is 4.79 Å². The van der Waals surface area contributed by atoms with Gasteiger partial charge in [-0.2, -0.15) is 0 Å². The van der Waals surface area contributed by atoms with Crippen LogP contribution >= 0.6 is 22.6 Å². The van der Waals surface area contributed by atoms with E-state index in [4.69, 9.17) is 0 Å².